The summed E-state index contributed by atoms with van der Waals surface area (Å²) in [6.45, 7) is 3.72. The van der Waals surface area contributed by atoms with Gasteiger partial charge in [-0.25, -0.2) is 9.97 Å². The highest BCUT2D eigenvalue weighted by molar-refractivity contribution is 5.81. The van der Waals surface area contributed by atoms with Gasteiger partial charge in [0.05, 0.1) is 38.3 Å². The molecule has 0 bridgehead atoms. The molecule has 3 rings (SSSR count). The fraction of sp³-hybridized carbons (Fsp3) is 0.125. The Morgan fingerprint density at radius 2 is 1.56 bits per heavy atom. The lowest BCUT2D eigenvalue weighted by Gasteiger charge is -2.09. The SMILES string of the molecule is Cc1nc2ccc(Nc3ccc([N+](=O)[O-])cc3[N+](=O)[O-])cc2nc1C. The Balaban J connectivity index is 2.02. The summed E-state index contributed by atoms with van der Waals surface area (Å²) in [7, 11) is 0. The van der Waals surface area contributed by atoms with Gasteiger partial charge in [-0.15, -0.1) is 0 Å². The molecule has 0 atom stereocenters. The van der Waals surface area contributed by atoms with Crippen molar-refractivity contribution in [2.24, 2.45) is 0 Å². The molecule has 0 aliphatic heterocycles. The number of nitro benzene ring substituents is 2. The van der Waals surface area contributed by atoms with E-state index in [-0.39, 0.29) is 17.1 Å². The molecule has 0 spiro atoms. The minimum atomic E-state index is -0.673. The molecule has 0 aliphatic carbocycles. The number of aryl methyl sites for hydroxylation is 2. The van der Waals surface area contributed by atoms with Gasteiger partial charge in [0, 0.05) is 11.8 Å². The van der Waals surface area contributed by atoms with Crippen LogP contribution in [0.3, 0.4) is 0 Å². The Kier molecular flexibility index (Phi) is 3.97. The summed E-state index contributed by atoms with van der Waals surface area (Å²) < 4.78 is 0. The van der Waals surface area contributed by atoms with E-state index in [4.69, 9.17) is 0 Å². The average molecular weight is 339 g/mol. The maximum Gasteiger partial charge on any atom is 0.299 e. The van der Waals surface area contributed by atoms with E-state index >= 15 is 0 Å². The lowest BCUT2D eigenvalue weighted by molar-refractivity contribution is -0.393. The normalized spacial score (nSPS) is 10.6. The molecule has 3 aromatic rings. The number of nitrogens with zero attached hydrogens (tertiary/aromatic N) is 4. The molecule has 9 heteroatoms. The number of benzene rings is 2. The largest absolute Gasteiger partial charge is 0.350 e. The van der Waals surface area contributed by atoms with Gasteiger partial charge in [0.2, 0.25) is 0 Å². The fourth-order valence-electron chi connectivity index (χ4n) is 2.35. The molecule has 0 amide bonds. The molecule has 0 aliphatic rings. The Bertz CT molecular complexity index is 1020. The lowest BCUT2D eigenvalue weighted by Crippen LogP contribution is -1.99. The van der Waals surface area contributed by atoms with Gasteiger partial charge in [-0.05, 0) is 38.1 Å². The first-order chi connectivity index (χ1) is 11.8. The van der Waals surface area contributed by atoms with Crippen molar-refractivity contribution in [2.45, 2.75) is 13.8 Å². The van der Waals surface area contributed by atoms with Crippen LogP contribution in [0.25, 0.3) is 11.0 Å². The van der Waals surface area contributed by atoms with Crippen LogP contribution in [0.2, 0.25) is 0 Å². The van der Waals surface area contributed by atoms with E-state index in [9.17, 15) is 20.2 Å². The minimum absolute atomic E-state index is 0.159. The highest BCUT2D eigenvalue weighted by Gasteiger charge is 2.19. The van der Waals surface area contributed by atoms with E-state index in [1.165, 1.54) is 12.1 Å². The summed E-state index contributed by atoms with van der Waals surface area (Å²) in [6.07, 6.45) is 0. The molecule has 0 unspecified atom stereocenters. The van der Waals surface area contributed by atoms with Crippen molar-refractivity contribution >= 4 is 33.8 Å². The summed E-state index contributed by atoms with van der Waals surface area (Å²) in [5, 5.41) is 24.9. The number of nitro groups is 2. The third kappa shape index (κ3) is 3.20. The van der Waals surface area contributed by atoms with Crippen molar-refractivity contribution in [3.05, 3.63) is 68.0 Å². The van der Waals surface area contributed by atoms with Gasteiger partial charge < -0.3 is 5.32 Å². The van der Waals surface area contributed by atoms with Crippen LogP contribution in [0, 0.1) is 34.1 Å². The van der Waals surface area contributed by atoms with Gasteiger partial charge >= 0.3 is 0 Å². The quantitative estimate of drug-likeness (QED) is 0.566. The van der Waals surface area contributed by atoms with Crippen LogP contribution in [0.1, 0.15) is 11.4 Å². The van der Waals surface area contributed by atoms with E-state index in [2.05, 4.69) is 15.3 Å². The summed E-state index contributed by atoms with van der Waals surface area (Å²) in [4.78, 5) is 29.5. The number of hydrogen-bond acceptors (Lipinski definition) is 7. The fourth-order valence-corrected chi connectivity index (χ4v) is 2.35. The molecule has 1 aromatic heterocycles. The molecule has 126 valence electrons. The van der Waals surface area contributed by atoms with Crippen molar-refractivity contribution in [2.75, 3.05) is 5.32 Å². The minimum Gasteiger partial charge on any atom is -0.350 e. The maximum absolute atomic E-state index is 11.2. The van der Waals surface area contributed by atoms with E-state index in [1.54, 1.807) is 18.2 Å². The van der Waals surface area contributed by atoms with Gasteiger partial charge in [0.25, 0.3) is 11.4 Å². The molecule has 25 heavy (non-hydrogen) atoms. The Labute approximate surface area is 141 Å². The van der Waals surface area contributed by atoms with E-state index in [1.807, 2.05) is 13.8 Å². The van der Waals surface area contributed by atoms with E-state index < -0.39 is 9.85 Å². The summed E-state index contributed by atoms with van der Waals surface area (Å²) in [6, 6.07) is 8.65. The first kappa shape index (κ1) is 16.2. The van der Waals surface area contributed by atoms with E-state index in [0.29, 0.717) is 16.7 Å². The van der Waals surface area contributed by atoms with Crippen molar-refractivity contribution in [1.82, 2.24) is 9.97 Å². The molecule has 9 nitrogen and oxygen atoms in total. The predicted molar refractivity (Wildman–Crippen MR) is 92.0 cm³/mol. The Morgan fingerprint density at radius 1 is 0.880 bits per heavy atom. The van der Waals surface area contributed by atoms with Crippen LogP contribution in [-0.2, 0) is 0 Å². The van der Waals surface area contributed by atoms with Gasteiger partial charge in [0.1, 0.15) is 5.69 Å². The zero-order valence-corrected chi connectivity index (χ0v) is 13.4. The van der Waals surface area contributed by atoms with Crippen molar-refractivity contribution in [3.8, 4) is 0 Å². The Hall–Kier alpha value is -3.62. The number of anilines is 2. The van der Waals surface area contributed by atoms with Crippen LogP contribution in [0.4, 0.5) is 22.7 Å². The van der Waals surface area contributed by atoms with Gasteiger partial charge in [-0.1, -0.05) is 0 Å². The first-order valence-electron chi connectivity index (χ1n) is 7.30. The highest BCUT2D eigenvalue weighted by atomic mass is 16.6. The predicted octanol–water partition coefficient (Wildman–Crippen LogP) is 3.81. The second-order valence-corrected chi connectivity index (χ2v) is 5.44. The summed E-state index contributed by atoms with van der Waals surface area (Å²) in [5.74, 6) is 0. The van der Waals surface area contributed by atoms with Crippen LogP contribution in [0.15, 0.2) is 36.4 Å². The van der Waals surface area contributed by atoms with E-state index in [0.717, 1.165) is 17.5 Å². The number of rotatable bonds is 4. The smallest absolute Gasteiger partial charge is 0.299 e. The first-order valence-corrected chi connectivity index (χ1v) is 7.30. The summed E-state index contributed by atoms with van der Waals surface area (Å²) in [5.41, 5.74) is 3.01. The molecular weight excluding hydrogens is 326 g/mol. The topological polar surface area (TPSA) is 124 Å². The molecule has 0 fully saturated rings. The molecule has 0 radical (unpaired) electrons. The van der Waals surface area contributed by atoms with Crippen molar-refractivity contribution < 1.29 is 9.85 Å². The van der Waals surface area contributed by atoms with Crippen LogP contribution < -0.4 is 5.32 Å². The highest BCUT2D eigenvalue weighted by Crippen LogP contribution is 2.32. The van der Waals surface area contributed by atoms with Gasteiger partial charge in [-0.3, -0.25) is 20.2 Å². The standard InChI is InChI=1S/C16H13N5O4/c1-9-10(2)18-15-7-11(3-5-13(15)17-9)19-14-6-4-12(20(22)23)8-16(14)21(24)25/h3-8,19H,1-2H3. The number of fused-ring (bicyclic) bond motifs is 1. The number of non-ortho nitro benzene ring substituents is 1. The monoisotopic (exact) mass is 339 g/mol. The summed E-state index contributed by atoms with van der Waals surface area (Å²) >= 11 is 0. The lowest BCUT2D eigenvalue weighted by atomic mass is 10.2. The third-order valence-electron chi connectivity index (χ3n) is 3.74. The third-order valence-corrected chi connectivity index (χ3v) is 3.74. The number of aromatic nitrogens is 2. The molecule has 0 saturated carbocycles. The second kappa shape index (κ2) is 6.11. The zero-order chi connectivity index (χ0) is 18.1. The van der Waals surface area contributed by atoms with Crippen molar-refractivity contribution in [3.63, 3.8) is 0 Å². The maximum atomic E-state index is 11.2. The number of nitrogens with one attached hydrogen (secondary N) is 1. The molecular formula is C16H13N5O4. The van der Waals surface area contributed by atoms with Crippen LogP contribution >= 0.6 is 0 Å². The second-order valence-electron chi connectivity index (χ2n) is 5.44. The Morgan fingerprint density at radius 3 is 2.20 bits per heavy atom. The molecule has 1 N–H and O–H groups in total. The van der Waals surface area contributed by atoms with Gasteiger partial charge in [-0.2, -0.15) is 0 Å². The van der Waals surface area contributed by atoms with Crippen molar-refractivity contribution in [1.29, 1.82) is 0 Å². The van der Waals surface area contributed by atoms with Crippen LogP contribution in [-0.4, -0.2) is 19.8 Å². The molecule has 2 aromatic carbocycles. The van der Waals surface area contributed by atoms with Crippen LogP contribution in [0.5, 0.6) is 0 Å². The number of hydrogen-bond donors (Lipinski definition) is 1. The zero-order valence-electron chi connectivity index (χ0n) is 13.4. The average Bonchev–Trinajstić information content (AvgIpc) is 2.56. The van der Waals surface area contributed by atoms with Gasteiger partial charge in [0.15, 0.2) is 0 Å². The molecule has 1 heterocycles. The molecule has 0 saturated heterocycles.